The van der Waals surface area contributed by atoms with Gasteiger partial charge >= 0.3 is 0 Å². The summed E-state index contributed by atoms with van der Waals surface area (Å²) in [5, 5.41) is 5.98. The zero-order chi connectivity index (χ0) is 11.3. The van der Waals surface area contributed by atoms with Gasteiger partial charge in [0.25, 0.3) is 0 Å². The van der Waals surface area contributed by atoms with E-state index in [1.54, 1.807) is 0 Å². The van der Waals surface area contributed by atoms with Crippen LogP contribution in [0, 0.1) is 5.92 Å². The van der Waals surface area contributed by atoms with Gasteiger partial charge in [0.2, 0.25) is 5.91 Å². The molecule has 1 amide bonds. The molecular weight excluding hydrogens is 192 g/mol. The van der Waals surface area contributed by atoms with Crippen molar-refractivity contribution in [1.29, 1.82) is 0 Å². The van der Waals surface area contributed by atoms with Gasteiger partial charge in [-0.15, -0.1) is 0 Å². The highest BCUT2D eigenvalue weighted by Crippen LogP contribution is 2.14. The highest BCUT2D eigenvalue weighted by molar-refractivity contribution is 5.77. The van der Waals surface area contributed by atoms with Gasteiger partial charge in [-0.05, 0) is 19.3 Å². The SMILES string of the molecule is CC(C)CCNC(=O)COC1(C)CNC1. The first-order valence-corrected chi connectivity index (χ1v) is 5.63. The second kappa shape index (κ2) is 5.47. The molecule has 15 heavy (non-hydrogen) atoms. The smallest absolute Gasteiger partial charge is 0.246 e. The molecule has 0 bridgehead atoms. The van der Waals surface area contributed by atoms with Crippen molar-refractivity contribution in [2.24, 2.45) is 5.92 Å². The first-order chi connectivity index (χ1) is 7.02. The second-order valence-electron chi connectivity index (χ2n) is 4.87. The van der Waals surface area contributed by atoms with E-state index in [1.807, 2.05) is 6.92 Å². The molecule has 1 aliphatic rings. The van der Waals surface area contributed by atoms with Gasteiger partial charge in [0.1, 0.15) is 6.61 Å². The summed E-state index contributed by atoms with van der Waals surface area (Å²) in [5.41, 5.74) is -0.130. The maximum atomic E-state index is 11.4. The van der Waals surface area contributed by atoms with Gasteiger partial charge < -0.3 is 15.4 Å². The lowest BCUT2D eigenvalue weighted by atomic mass is 10.0. The maximum absolute atomic E-state index is 11.4. The van der Waals surface area contributed by atoms with Gasteiger partial charge in [-0.2, -0.15) is 0 Å². The molecule has 0 saturated carbocycles. The first-order valence-electron chi connectivity index (χ1n) is 5.63. The Morgan fingerprint density at radius 3 is 2.67 bits per heavy atom. The molecule has 0 aromatic heterocycles. The highest BCUT2D eigenvalue weighted by atomic mass is 16.5. The van der Waals surface area contributed by atoms with Crippen molar-refractivity contribution in [3.05, 3.63) is 0 Å². The Hall–Kier alpha value is -0.610. The van der Waals surface area contributed by atoms with Crippen molar-refractivity contribution >= 4 is 5.91 Å². The van der Waals surface area contributed by atoms with E-state index in [-0.39, 0.29) is 18.1 Å². The molecule has 1 heterocycles. The van der Waals surface area contributed by atoms with Crippen molar-refractivity contribution < 1.29 is 9.53 Å². The number of hydrogen-bond donors (Lipinski definition) is 2. The summed E-state index contributed by atoms with van der Waals surface area (Å²) in [4.78, 5) is 11.4. The normalized spacial score (nSPS) is 18.7. The van der Waals surface area contributed by atoms with Crippen LogP contribution >= 0.6 is 0 Å². The Balaban J connectivity index is 2.03. The lowest BCUT2D eigenvalue weighted by Crippen LogP contribution is -2.59. The summed E-state index contributed by atoms with van der Waals surface area (Å²) in [6.45, 7) is 8.90. The summed E-state index contributed by atoms with van der Waals surface area (Å²) < 4.78 is 5.51. The van der Waals surface area contributed by atoms with Crippen LogP contribution in [0.4, 0.5) is 0 Å². The third kappa shape index (κ3) is 4.62. The molecule has 4 nitrogen and oxygen atoms in total. The highest BCUT2D eigenvalue weighted by Gasteiger charge is 2.32. The maximum Gasteiger partial charge on any atom is 0.246 e. The van der Waals surface area contributed by atoms with Crippen molar-refractivity contribution in [1.82, 2.24) is 10.6 Å². The Morgan fingerprint density at radius 1 is 1.53 bits per heavy atom. The number of carbonyl (C=O) groups is 1. The van der Waals surface area contributed by atoms with Crippen LogP contribution in [0.2, 0.25) is 0 Å². The van der Waals surface area contributed by atoms with Crippen LogP contribution in [0.15, 0.2) is 0 Å². The monoisotopic (exact) mass is 214 g/mol. The molecule has 0 unspecified atom stereocenters. The quantitative estimate of drug-likeness (QED) is 0.678. The zero-order valence-corrected chi connectivity index (χ0v) is 9.93. The molecule has 1 saturated heterocycles. The summed E-state index contributed by atoms with van der Waals surface area (Å²) in [6.07, 6.45) is 1.02. The zero-order valence-electron chi connectivity index (χ0n) is 9.93. The molecule has 0 aromatic rings. The standard InChI is InChI=1S/C11H22N2O2/c1-9(2)4-5-13-10(14)6-15-11(3)7-12-8-11/h9,12H,4-8H2,1-3H3,(H,13,14). The topological polar surface area (TPSA) is 50.4 Å². The van der Waals surface area contributed by atoms with Crippen molar-refractivity contribution in [3.8, 4) is 0 Å². The van der Waals surface area contributed by atoms with Crippen LogP contribution in [0.3, 0.4) is 0 Å². The van der Waals surface area contributed by atoms with E-state index >= 15 is 0 Å². The van der Waals surface area contributed by atoms with Crippen molar-refractivity contribution in [3.63, 3.8) is 0 Å². The lowest BCUT2D eigenvalue weighted by Gasteiger charge is -2.38. The fourth-order valence-corrected chi connectivity index (χ4v) is 1.37. The fraction of sp³-hybridized carbons (Fsp3) is 0.909. The average Bonchev–Trinajstić information content (AvgIpc) is 2.11. The Kier molecular flexibility index (Phi) is 4.54. The molecule has 1 aliphatic heterocycles. The van der Waals surface area contributed by atoms with Gasteiger partial charge in [-0.1, -0.05) is 13.8 Å². The number of hydrogen-bond acceptors (Lipinski definition) is 3. The predicted octanol–water partition coefficient (Wildman–Crippen LogP) is 0.527. The fourth-order valence-electron chi connectivity index (χ4n) is 1.37. The molecule has 0 aromatic carbocycles. The number of rotatable bonds is 6. The van der Waals surface area contributed by atoms with E-state index in [0.29, 0.717) is 5.92 Å². The summed E-state index contributed by atoms with van der Waals surface area (Å²) in [7, 11) is 0. The average molecular weight is 214 g/mol. The van der Waals surface area contributed by atoms with E-state index in [2.05, 4.69) is 24.5 Å². The minimum atomic E-state index is -0.130. The minimum Gasteiger partial charge on any atom is -0.363 e. The summed E-state index contributed by atoms with van der Waals surface area (Å²) in [5.74, 6) is 0.614. The van der Waals surface area contributed by atoms with Gasteiger partial charge in [-0.3, -0.25) is 4.79 Å². The number of ether oxygens (including phenoxy) is 1. The molecular formula is C11H22N2O2. The number of carbonyl (C=O) groups excluding carboxylic acids is 1. The molecule has 1 rings (SSSR count). The van der Waals surface area contributed by atoms with Crippen molar-refractivity contribution in [2.45, 2.75) is 32.8 Å². The molecule has 1 fully saturated rings. The first kappa shape index (κ1) is 12.5. The summed E-state index contributed by atoms with van der Waals surface area (Å²) >= 11 is 0. The molecule has 88 valence electrons. The van der Waals surface area contributed by atoms with Crippen LogP contribution in [0.25, 0.3) is 0 Å². The van der Waals surface area contributed by atoms with Crippen LogP contribution in [-0.4, -0.2) is 37.7 Å². The van der Waals surface area contributed by atoms with E-state index in [1.165, 1.54) is 0 Å². The van der Waals surface area contributed by atoms with Crippen LogP contribution < -0.4 is 10.6 Å². The van der Waals surface area contributed by atoms with Crippen molar-refractivity contribution in [2.75, 3.05) is 26.2 Å². The van der Waals surface area contributed by atoms with Gasteiger partial charge in [0.05, 0.1) is 5.60 Å². The molecule has 2 N–H and O–H groups in total. The predicted molar refractivity (Wildman–Crippen MR) is 59.7 cm³/mol. The Morgan fingerprint density at radius 2 is 2.20 bits per heavy atom. The Bertz CT molecular complexity index is 213. The largest absolute Gasteiger partial charge is 0.363 e. The third-order valence-electron chi connectivity index (χ3n) is 2.59. The summed E-state index contributed by atoms with van der Waals surface area (Å²) in [6, 6.07) is 0. The van der Waals surface area contributed by atoms with Gasteiger partial charge in [0, 0.05) is 19.6 Å². The van der Waals surface area contributed by atoms with Gasteiger partial charge in [-0.25, -0.2) is 0 Å². The number of amides is 1. The van der Waals surface area contributed by atoms with E-state index in [4.69, 9.17) is 4.74 Å². The third-order valence-corrected chi connectivity index (χ3v) is 2.59. The minimum absolute atomic E-state index is 0.0104. The number of nitrogens with one attached hydrogen (secondary N) is 2. The molecule has 0 spiro atoms. The second-order valence-corrected chi connectivity index (χ2v) is 4.87. The van der Waals surface area contributed by atoms with E-state index in [0.717, 1.165) is 26.1 Å². The molecule has 4 heteroatoms. The molecule has 0 radical (unpaired) electrons. The van der Waals surface area contributed by atoms with Gasteiger partial charge in [0.15, 0.2) is 0 Å². The van der Waals surface area contributed by atoms with E-state index in [9.17, 15) is 4.79 Å². The van der Waals surface area contributed by atoms with Crippen LogP contribution in [0.5, 0.6) is 0 Å². The Labute approximate surface area is 91.8 Å². The van der Waals surface area contributed by atoms with Crippen LogP contribution in [0.1, 0.15) is 27.2 Å². The molecule has 0 atom stereocenters. The van der Waals surface area contributed by atoms with Crippen LogP contribution in [-0.2, 0) is 9.53 Å². The molecule has 0 aliphatic carbocycles. The van der Waals surface area contributed by atoms with E-state index < -0.39 is 0 Å². The lowest BCUT2D eigenvalue weighted by molar-refractivity contribution is -0.135.